The number of rotatable bonds is 11. The van der Waals surface area contributed by atoms with Crippen LogP contribution in [0.1, 0.15) is 26.2 Å². The van der Waals surface area contributed by atoms with Crippen molar-refractivity contribution in [2.24, 2.45) is 0 Å². The largest absolute Gasteiger partial charge is 0.474 e. The molecule has 9 heteroatoms. The summed E-state index contributed by atoms with van der Waals surface area (Å²) in [5, 5.41) is 0. The maximum absolute atomic E-state index is 12.1. The standard InChI is InChI=1S/C9H17Cl4O4P/c1-2-5-15-18(14,16-6-3-8(10)11)17-7-4-9(12)13/h8-9H,2-7H2,1H3. The van der Waals surface area contributed by atoms with Gasteiger partial charge in [-0.05, 0) is 6.42 Å². The van der Waals surface area contributed by atoms with Gasteiger partial charge in [-0.1, -0.05) is 6.92 Å². The van der Waals surface area contributed by atoms with Crippen molar-refractivity contribution < 1.29 is 18.1 Å². The Morgan fingerprint density at radius 3 is 1.61 bits per heavy atom. The van der Waals surface area contributed by atoms with Crippen molar-refractivity contribution in [3.63, 3.8) is 0 Å². The van der Waals surface area contributed by atoms with Crippen LogP contribution in [0.3, 0.4) is 0 Å². The van der Waals surface area contributed by atoms with E-state index in [9.17, 15) is 4.57 Å². The maximum Gasteiger partial charge on any atom is 0.474 e. The molecular weight excluding hydrogens is 345 g/mol. The van der Waals surface area contributed by atoms with E-state index in [0.717, 1.165) is 0 Å². The van der Waals surface area contributed by atoms with Gasteiger partial charge in [-0.2, -0.15) is 0 Å². The lowest BCUT2D eigenvalue weighted by Crippen LogP contribution is -2.06. The average molecular weight is 362 g/mol. The molecule has 18 heavy (non-hydrogen) atoms. The SMILES string of the molecule is CCCOP(=O)(OCCC(Cl)Cl)OCCC(Cl)Cl. The molecule has 0 aliphatic carbocycles. The monoisotopic (exact) mass is 360 g/mol. The Labute approximate surface area is 128 Å². The van der Waals surface area contributed by atoms with Gasteiger partial charge in [0.2, 0.25) is 0 Å². The van der Waals surface area contributed by atoms with Gasteiger partial charge >= 0.3 is 7.82 Å². The van der Waals surface area contributed by atoms with Crippen molar-refractivity contribution in [1.29, 1.82) is 0 Å². The van der Waals surface area contributed by atoms with Crippen LogP contribution in [0, 0.1) is 0 Å². The van der Waals surface area contributed by atoms with Gasteiger partial charge in [-0.15, -0.1) is 46.4 Å². The van der Waals surface area contributed by atoms with Gasteiger partial charge in [0, 0.05) is 12.8 Å². The minimum Gasteiger partial charge on any atom is -0.287 e. The first-order chi connectivity index (χ1) is 8.39. The highest BCUT2D eigenvalue weighted by Crippen LogP contribution is 2.50. The Morgan fingerprint density at radius 2 is 1.28 bits per heavy atom. The summed E-state index contributed by atoms with van der Waals surface area (Å²) in [6.07, 6.45) is 1.36. The van der Waals surface area contributed by atoms with Gasteiger partial charge in [-0.25, -0.2) is 4.57 Å². The lowest BCUT2D eigenvalue weighted by atomic mass is 10.5. The Balaban J connectivity index is 4.11. The molecule has 0 aliphatic heterocycles. The number of halogens is 4. The lowest BCUT2D eigenvalue weighted by Gasteiger charge is -2.18. The second kappa shape index (κ2) is 11.0. The molecule has 0 saturated heterocycles. The molecule has 0 fully saturated rings. The van der Waals surface area contributed by atoms with Gasteiger partial charge in [0.05, 0.1) is 19.8 Å². The van der Waals surface area contributed by atoms with Crippen LogP contribution in [0.15, 0.2) is 0 Å². The summed E-state index contributed by atoms with van der Waals surface area (Å²) >= 11 is 22.1. The Kier molecular flexibility index (Phi) is 11.8. The van der Waals surface area contributed by atoms with Crippen molar-refractivity contribution in [3.05, 3.63) is 0 Å². The number of phosphoric ester groups is 1. The van der Waals surface area contributed by atoms with E-state index in [-0.39, 0.29) is 19.8 Å². The molecule has 0 saturated carbocycles. The number of hydrogen-bond acceptors (Lipinski definition) is 4. The van der Waals surface area contributed by atoms with Crippen LogP contribution in [-0.2, 0) is 18.1 Å². The van der Waals surface area contributed by atoms with Gasteiger partial charge in [0.25, 0.3) is 0 Å². The third-order valence-corrected chi connectivity index (χ3v) is 3.99. The van der Waals surface area contributed by atoms with Crippen LogP contribution in [0.25, 0.3) is 0 Å². The highest BCUT2D eigenvalue weighted by atomic mass is 35.5. The summed E-state index contributed by atoms with van der Waals surface area (Å²) in [5.41, 5.74) is 0. The lowest BCUT2D eigenvalue weighted by molar-refractivity contribution is 0.113. The van der Waals surface area contributed by atoms with E-state index in [1.165, 1.54) is 0 Å². The second-order valence-corrected chi connectivity index (χ2v) is 7.53. The van der Waals surface area contributed by atoms with Crippen LogP contribution >= 0.6 is 54.2 Å². The summed E-state index contributed by atoms with van der Waals surface area (Å²) < 4.78 is 27.3. The number of hydrogen-bond donors (Lipinski definition) is 0. The second-order valence-electron chi connectivity index (χ2n) is 3.31. The van der Waals surface area contributed by atoms with Gasteiger partial charge in [0.1, 0.15) is 9.67 Å². The molecule has 0 bridgehead atoms. The van der Waals surface area contributed by atoms with Crippen molar-refractivity contribution in [3.8, 4) is 0 Å². The first-order valence-electron chi connectivity index (χ1n) is 5.49. The van der Waals surface area contributed by atoms with Crippen LogP contribution in [-0.4, -0.2) is 29.5 Å². The first-order valence-corrected chi connectivity index (χ1v) is 8.70. The minimum atomic E-state index is -3.58. The summed E-state index contributed by atoms with van der Waals surface area (Å²) in [6.45, 7) is 2.33. The molecule has 4 nitrogen and oxygen atoms in total. The third-order valence-electron chi connectivity index (χ3n) is 1.62. The zero-order valence-electron chi connectivity index (χ0n) is 9.99. The normalized spacial score (nSPS) is 12.6. The van der Waals surface area contributed by atoms with Crippen LogP contribution in [0.5, 0.6) is 0 Å². The maximum atomic E-state index is 12.1. The fourth-order valence-corrected chi connectivity index (χ4v) is 2.47. The molecule has 110 valence electrons. The fraction of sp³-hybridized carbons (Fsp3) is 1.00. The molecule has 0 N–H and O–H groups in total. The summed E-state index contributed by atoms with van der Waals surface area (Å²) in [5.74, 6) is 0. The third kappa shape index (κ3) is 11.1. The Morgan fingerprint density at radius 1 is 0.889 bits per heavy atom. The Hall–Kier alpha value is 1.27. The molecular formula is C9H17Cl4O4P. The summed E-state index contributed by atoms with van der Waals surface area (Å²) in [6, 6.07) is 0. The zero-order valence-corrected chi connectivity index (χ0v) is 13.9. The van der Waals surface area contributed by atoms with E-state index in [4.69, 9.17) is 60.0 Å². The van der Waals surface area contributed by atoms with Crippen molar-refractivity contribution in [2.45, 2.75) is 35.9 Å². The fourth-order valence-electron chi connectivity index (χ4n) is 0.822. The highest BCUT2D eigenvalue weighted by molar-refractivity contribution is 7.48. The van der Waals surface area contributed by atoms with Crippen molar-refractivity contribution in [2.75, 3.05) is 19.8 Å². The predicted octanol–water partition coefficient (Wildman–Crippen LogP) is 4.94. The van der Waals surface area contributed by atoms with Crippen molar-refractivity contribution in [1.82, 2.24) is 0 Å². The van der Waals surface area contributed by atoms with E-state index in [0.29, 0.717) is 19.3 Å². The zero-order chi connectivity index (χ0) is 14.0. The predicted molar refractivity (Wildman–Crippen MR) is 76.0 cm³/mol. The molecule has 0 rings (SSSR count). The van der Waals surface area contributed by atoms with Gasteiger partial charge in [-0.3, -0.25) is 13.6 Å². The molecule has 0 amide bonds. The molecule has 0 heterocycles. The topological polar surface area (TPSA) is 44.8 Å². The number of phosphoric acid groups is 1. The molecule has 0 radical (unpaired) electrons. The first kappa shape index (κ1) is 19.3. The number of alkyl halides is 4. The molecule has 0 aliphatic rings. The summed E-state index contributed by atoms with van der Waals surface area (Å²) in [7, 11) is -3.58. The molecule has 0 aromatic carbocycles. The molecule has 0 unspecified atom stereocenters. The van der Waals surface area contributed by atoms with Crippen LogP contribution in [0.2, 0.25) is 0 Å². The smallest absolute Gasteiger partial charge is 0.287 e. The summed E-state index contributed by atoms with van der Waals surface area (Å²) in [4.78, 5) is -1.17. The van der Waals surface area contributed by atoms with Crippen molar-refractivity contribution >= 4 is 54.2 Å². The minimum absolute atomic E-state index is 0.0871. The average Bonchev–Trinajstić information content (AvgIpc) is 2.25. The van der Waals surface area contributed by atoms with Gasteiger partial charge < -0.3 is 0 Å². The molecule has 0 aromatic heterocycles. The quantitative estimate of drug-likeness (QED) is 0.386. The van der Waals surface area contributed by atoms with E-state index in [1.807, 2.05) is 6.92 Å². The van der Waals surface area contributed by atoms with Gasteiger partial charge in [0.15, 0.2) is 0 Å². The van der Waals surface area contributed by atoms with E-state index in [2.05, 4.69) is 0 Å². The highest BCUT2D eigenvalue weighted by Gasteiger charge is 2.26. The van der Waals surface area contributed by atoms with E-state index in [1.54, 1.807) is 0 Å². The Bertz CT molecular complexity index is 235. The molecule has 0 spiro atoms. The van der Waals surface area contributed by atoms with E-state index < -0.39 is 17.5 Å². The van der Waals surface area contributed by atoms with Crippen LogP contribution in [0.4, 0.5) is 0 Å². The molecule has 0 atom stereocenters. The van der Waals surface area contributed by atoms with Crippen LogP contribution < -0.4 is 0 Å². The molecule has 0 aromatic rings. The van der Waals surface area contributed by atoms with E-state index >= 15 is 0 Å².